The SMILES string of the molecule is COc1cc2ncn(CCC(=O)N[C@@H](C)CCc3ccccc3)c(=O)c2cc1OC. The highest BCUT2D eigenvalue weighted by atomic mass is 16.5. The van der Waals surface area contributed by atoms with Crippen LogP contribution in [0.15, 0.2) is 53.6 Å². The number of hydrogen-bond acceptors (Lipinski definition) is 5. The zero-order chi connectivity index (χ0) is 21.5. The largest absolute Gasteiger partial charge is 0.493 e. The highest BCUT2D eigenvalue weighted by Crippen LogP contribution is 2.29. The zero-order valence-corrected chi connectivity index (χ0v) is 17.6. The van der Waals surface area contributed by atoms with Gasteiger partial charge in [-0.25, -0.2) is 4.98 Å². The molecule has 1 heterocycles. The number of nitrogens with one attached hydrogen (secondary N) is 1. The van der Waals surface area contributed by atoms with Crippen LogP contribution in [0.5, 0.6) is 11.5 Å². The molecule has 2 aromatic carbocycles. The van der Waals surface area contributed by atoms with Crippen LogP contribution < -0.4 is 20.3 Å². The summed E-state index contributed by atoms with van der Waals surface area (Å²) in [6.07, 6.45) is 3.43. The Morgan fingerprint density at radius 3 is 2.53 bits per heavy atom. The van der Waals surface area contributed by atoms with Gasteiger partial charge in [-0.2, -0.15) is 0 Å². The first-order chi connectivity index (χ1) is 14.5. The van der Waals surface area contributed by atoms with E-state index in [-0.39, 0.29) is 30.5 Å². The van der Waals surface area contributed by atoms with Gasteiger partial charge in [-0.05, 0) is 31.4 Å². The third-order valence-corrected chi connectivity index (χ3v) is 5.03. The minimum atomic E-state index is -0.217. The predicted octanol–water partition coefficient (Wildman–Crippen LogP) is 2.94. The van der Waals surface area contributed by atoms with Crippen LogP contribution in [0, 0.1) is 0 Å². The summed E-state index contributed by atoms with van der Waals surface area (Å²) < 4.78 is 12.0. The van der Waals surface area contributed by atoms with E-state index in [0.29, 0.717) is 22.4 Å². The van der Waals surface area contributed by atoms with Gasteiger partial charge in [-0.3, -0.25) is 14.2 Å². The summed E-state index contributed by atoms with van der Waals surface area (Å²) in [5, 5.41) is 3.42. The molecule has 1 N–H and O–H groups in total. The number of rotatable bonds is 9. The van der Waals surface area contributed by atoms with Crippen molar-refractivity contribution in [2.45, 2.75) is 38.8 Å². The van der Waals surface area contributed by atoms with Crippen LogP contribution in [0.2, 0.25) is 0 Å². The number of carbonyl (C=O) groups is 1. The van der Waals surface area contributed by atoms with Crippen LogP contribution in [0.4, 0.5) is 0 Å². The van der Waals surface area contributed by atoms with Crippen molar-refractivity contribution >= 4 is 16.8 Å². The molecule has 1 aromatic heterocycles. The first-order valence-corrected chi connectivity index (χ1v) is 9.96. The summed E-state index contributed by atoms with van der Waals surface area (Å²) in [4.78, 5) is 29.4. The fourth-order valence-corrected chi connectivity index (χ4v) is 3.31. The van der Waals surface area contributed by atoms with Crippen molar-refractivity contribution < 1.29 is 14.3 Å². The van der Waals surface area contributed by atoms with Crippen molar-refractivity contribution in [1.82, 2.24) is 14.9 Å². The zero-order valence-electron chi connectivity index (χ0n) is 17.6. The number of methoxy groups -OCH3 is 2. The molecule has 0 saturated heterocycles. The van der Waals surface area contributed by atoms with E-state index in [1.807, 2.05) is 25.1 Å². The number of aryl methyl sites for hydroxylation is 2. The Labute approximate surface area is 175 Å². The molecular weight excluding hydrogens is 382 g/mol. The number of hydrogen-bond donors (Lipinski definition) is 1. The normalized spacial score (nSPS) is 11.8. The first-order valence-electron chi connectivity index (χ1n) is 9.96. The Hall–Kier alpha value is -3.35. The Morgan fingerprint density at radius 2 is 1.83 bits per heavy atom. The highest BCUT2D eigenvalue weighted by Gasteiger charge is 2.13. The fraction of sp³-hybridized carbons (Fsp3) is 0.348. The van der Waals surface area contributed by atoms with Gasteiger partial charge in [0.1, 0.15) is 0 Å². The minimum absolute atomic E-state index is 0.0564. The van der Waals surface area contributed by atoms with Crippen molar-refractivity contribution in [1.29, 1.82) is 0 Å². The molecule has 0 spiro atoms. The predicted molar refractivity (Wildman–Crippen MR) is 116 cm³/mol. The number of amides is 1. The van der Waals surface area contributed by atoms with E-state index < -0.39 is 0 Å². The van der Waals surface area contributed by atoms with Crippen molar-refractivity contribution in [2.75, 3.05) is 14.2 Å². The number of carbonyl (C=O) groups excluding carboxylic acids is 1. The molecule has 158 valence electrons. The molecule has 1 amide bonds. The van der Waals surface area contributed by atoms with Crippen molar-refractivity contribution in [3.8, 4) is 11.5 Å². The summed E-state index contributed by atoms with van der Waals surface area (Å²) >= 11 is 0. The summed E-state index contributed by atoms with van der Waals surface area (Å²) in [5.41, 5.74) is 1.55. The van der Waals surface area contributed by atoms with Crippen molar-refractivity contribution in [3.05, 3.63) is 64.7 Å². The Balaban J connectivity index is 1.60. The number of aromatic nitrogens is 2. The van der Waals surface area contributed by atoms with Crippen LogP contribution >= 0.6 is 0 Å². The molecular formula is C23H27N3O4. The average Bonchev–Trinajstić information content (AvgIpc) is 2.77. The maximum atomic E-state index is 12.8. The Kier molecular flexibility index (Phi) is 7.06. The third kappa shape index (κ3) is 5.17. The maximum absolute atomic E-state index is 12.8. The minimum Gasteiger partial charge on any atom is -0.493 e. The lowest BCUT2D eigenvalue weighted by atomic mass is 10.1. The third-order valence-electron chi connectivity index (χ3n) is 5.03. The van der Waals surface area contributed by atoms with E-state index in [9.17, 15) is 9.59 Å². The molecule has 7 heteroatoms. The molecule has 0 saturated carbocycles. The second-order valence-electron chi connectivity index (χ2n) is 7.21. The number of benzene rings is 2. The smallest absolute Gasteiger partial charge is 0.261 e. The Bertz CT molecular complexity index is 1060. The van der Waals surface area contributed by atoms with Crippen LogP contribution in [-0.2, 0) is 17.8 Å². The van der Waals surface area contributed by atoms with Gasteiger partial charge in [-0.1, -0.05) is 30.3 Å². The molecule has 3 aromatic rings. The van der Waals surface area contributed by atoms with Gasteiger partial charge in [0, 0.05) is 25.1 Å². The molecule has 0 unspecified atom stereocenters. The molecule has 0 bridgehead atoms. The van der Waals surface area contributed by atoms with Gasteiger partial charge in [0.05, 0.1) is 31.4 Å². The molecule has 3 rings (SSSR count). The number of ether oxygens (including phenoxy) is 2. The van der Waals surface area contributed by atoms with Crippen LogP contribution in [0.1, 0.15) is 25.3 Å². The van der Waals surface area contributed by atoms with E-state index >= 15 is 0 Å². The van der Waals surface area contributed by atoms with Crippen LogP contribution in [0.25, 0.3) is 10.9 Å². The lowest BCUT2D eigenvalue weighted by molar-refractivity contribution is -0.121. The summed E-state index contributed by atoms with van der Waals surface area (Å²) in [5.74, 6) is 0.889. The molecule has 0 aliphatic carbocycles. The molecule has 0 aliphatic heterocycles. The van der Waals surface area contributed by atoms with Gasteiger partial charge in [0.25, 0.3) is 5.56 Å². The van der Waals surface area contributed by atoms with E-state index in [2.05, 4.69) is 22.4 Å². The van der Waals surface area contributed by atoms with Gasteiger partial charge >= 0.3 is 0 Å². The lowest BCUT2D eigenvalue weighted by Gasteiger charge is -2.14. The highest BCUT2D eigenvalue weighted by molar-refractivity contribution is 5.81. The molecule has 1 atom stereocenters. The molecule has 0 radical (unpaired) electrons. The summed E-state index contributed by atoms with van der Waals surface area (Å²) in [7, 11) is 3.05. The van der Waals surface area contributed by atoms with Gasteiger partial charge in [-0.15, -0.1) is 0 Å². The quantitative estimate of drug-likeness (QED) is 0.588. The maximum Gasteiger partial charge on any atom is 0.261 e. The fourth-order valence-electron chi connectivity index (χ4n) is 3.31. The van der Waals surface area contributed by atoms with Gasteiger partial charge < -0.3 is 14.8 Å². The number of fused-ring (bicyclic) bond motifs is 1. The van der Waals surface area contributed by atoms with Crippen LogP contribution in [-0.4, -0.2) is 35.7 Å². The lowest BCUT2D eigenvalue weighted by Crippen LogP contribution is -2.34. The van der Waals surface area contributed by atoms with E-state index in [0.717, 1.165) is 12.8 Å². The van der Waals surface area contributed by atoms with E-state index in [4.69, 9.17) is 9.47 Å². The number of nitrogens with zero attached hydrogens (tertiary/aromatic N) is 2. The topological polar surface area (TPSA) is 82.5 Å². The second kappa shape index (κ2) is 9.91. The molecule has 0 aliphatic rings. The first kappa shape index (κ1) is 21.4. The molecule has 7 nitrogen and oxygen atoms in total. The van der Waals surface area contributed by atoms with Gasteiger partial charge in [0.15, 0.2) is 11.5 Å². The van der Waals surface area contributed by atoms with Crippen molar-refractivity contribution in [2.24, 2.45) is 0 Å². The summed E-state index contributed by atoms with van der Waals surface area (Å²) in [6.45, 7) is 2.25. The van der Waals surface area contributed by atoms with Crippen molar-refractivity contribution in [3.63, 3.8) is 0 Å². The van der Waals surface area contributed by atoms with Crippen LogP contribution in [0.3, 0.4) is 0 Å². The standard InChI is InChI=1S/C23H27N3O4/c1-16(9-10-17-7-5-4-6-8-17)25-22(27)11-12-26-15-24-19-14-21(30-3)20(29-2)13-18(19)23(26)28/h4-8,13-16H,9-12H2,1-3H3,(H,25,27)/t16-/m0/s1. The second-order valence-corrected chi connectivity index (χ2v) is 7.21. The average molecular weight is 409 g/mol. The molecule has 0 fully saturated rings. The van der Waals surface area contributed by atoms with E-state index in [1.165, 1.54) is 30.7 Å². The van der Waals surface area contributed by atoms with E-state index in [1.54, 1.807) is 12.1 Å². The Morgan fingerprint density at radius 1 is 1.13 bits per heavy atom. The molecule has 30 heavy (non-hydrogen) atoms. The monoisotopic (exact) mass is 409 g/mol. The van der Waals surface area contributed by atoms with Gasteiger partial charge in [0.2, 0.25) is 5.91 Å². The summed E-state index contributed by atoms with van der Waals surface area (Å²) in [6, 6.07) is 13.5.